The molecule has 0 atom stereocenters. The molecule has 25 heavy (non-hydrogen) atoms. The summed E-state index contributed by atoms with van der Waals surface area (Å²) in [5.74, 6) is -0.152. The van der Waals surface area contributed by atoms with Gasteiger partial charge in [0.1, 0.15) is 11.6 Å². The van der Waals surface area contributed by atoms with E-state index in [-0.39, 0.29) is 11.5 Å². The van der Waals surface area contributed by atoms with Crippen LogP contribution in [-0.2, 0) is 14.3 Å². The zero-order valence-electron chi connectivity index (χ0n) is 15.4. The second-order valence-corrected chi connectivity index (χ2v) is 5.87. The molecule has 0 bridgehead atoms. The van der Waals surface area contributed by atoms with Crippen LogP contribution in [0.15, 0.2) is 36.0 Å². The molecule has 1 N–H and O–H groups in total. The molecular weight excluding hydrogens is 318 g/mol. The summed E-state index contributed by atoms with van der Waals surface area (Å²) in [6.07, 6.45) is 1.56. The number of rotatable bonds is 10. The van der Waals surface area contributed by atoms with Crippen LogP contribution in [0.5, 0.6) is 0 Å². The zero-order valence-corrected chi connectivity index (χ0v) is 15.4. The number of methoxy groups -OCH3 is 2. The summed E-state index contributed by atoms with van der Waals surface area (Å²) in [5.41, 5.74) is 1.80. The molecule has 0 spiro atoms. The predicted molar refractivity (Wildman–Crippen MR) is 98.2 cm³/mol. The molecule has 1 aromatic rings. The van der Waals surface area contributed by atoms with Crippen LogP contribution < -0.4 is 5.32 Å². The lowest BCUT2D eigenvalue weighted by molar-refractivity contribution is -0.112. The van der Waals surface area contributed by atoms with Crippen molar-refractivity contribution >= 4 is 11.6 Å². The van der Waals surface area contributed by atoms with Crippen LogP contribution in [0.4, 0.5) is 5.69 Å². The van der Waals surface area contributed by atoms with Gasteiger partial charge in [0, 0.05) is 39.2 Å². The average molecular weight is 345 g/mol. The summed E-state index contributed by atoms with van der Waals surface area (Å²) in [6, 6.07) is 9.59. The van der Waals surface area contributed by atoms with Gasteiger partial charge in [-0.2, -0.15) is 5.26 Å². The molecule has 1 rings (SSSR count). The van der Waals surface area contributed by atoms with Crippen LogP contribution >= 0.6 is 0 Å². The summed E-state index contributed by atoms with van der Waals surface area (Å²) >= 11 is 0. The number of benzene rings is 1. The van der Waals surface area contributed by atoms with Gasteiger partial charge in [0.15, 0.2) is 0 Å². The number of nitriles is 1. The first-order chi connectivity index (χ1) is 12.0. The number of hydrogen-bond donors (Lipinski definition) is 1. The number of nitrogens with zero attached hydrogens (tertiary/aromatic N) is 2. The van der Waals surface area contributed by atoms with Crippen molar-refractivity contribution < 1.29 is 14.3 Å². The number of carbonyl (C=O) groups is 1. The lowest BCUT2D eigenvalue weighted by atomic mass is 10.0. The summed E-state index contributed by atoms with van der Waals surface area (Å²) in [6.45, 7) is 6.25. The van der Waals surface area contributed by atoms with Crippen LogP contribution in [0, 0.1) is 11.3 Å². The Morgan fingerprint density at radius 2 is 1.84 bits per heavy atom. The van der Waals surface area contributed by atoms with Crippen LogP contribution in [-0.4, -0.2) is 51.3 Å². The Morgan fingerprint density at radius 1 is 1.24 bits per heavy atom. The monoisotopic (exact) mass is 345 g/mol. The first-order valence-corrected chi connectivity index (χ1v) is 8.27. The third kappa shape index (κ3) is 6.96. The Balaban J connectivity index is 2.93. The van der Waals surface area contributed by atoms with Crippen molar-refractivity contribution in [1.29, 1.82) is 5.26 Å². The largest absolute Gasteiger partial charge is 0.383 e. The van der Waals surface area contributed by atoms with E-state index in [2.05, 4.69) is 19.2 Å². The maximum absolute atomic E-state index is 12.5. The fraction of sp³-hybridized carbons (Fsp3) is 0.474. The third-order valence-corrected chi connectivity index (χ3v) is 3.67. The minimum absolute atomic E-state index is 0.0470. The van der Waals surface area contributed by atoms with E-state index < -0.39 is 5.91 Å². The molecule has 0 aliphatic carbocycles. The minimum atomic E-state index is -0.421. The molecule has 0 saturated heterocycles. The summed E-state index contributed by atoms with van der Waals surface area (Å²) < 4.78 is 10.1. The summed E-state index contributed by atoms with van der Waals surface area (Å²) in [7, 11) is 3.22. The number of para-hydroxylation sites is 1. The first kappa shape index (κ1) is 20.7. The average Bonchev–Trinajstić information content (AvgIpc) is 2.61. The van der Waals surface area contributed by atoms with Crippen molar-refractivity contribution in [2.45, 2.75) is 19.8 Å². The van der Waals surface area contributed by atoms with Gasteiger partial charge in [0.05, 0.1) is 13.2 Å². The maximum atomic E-state index is 12.5. The standard InChI is InChI=1S/C19H27N3O3/c1-15(2)17-7-5-6-8-18(17)21-19(23)16(13-20)14-22(9-11-24-3)10-12-25-4/h5-8,14-15H,9-12H2,1-4H3,(H,21,23)/b16-14-. The van der Waals surface area contributed by atoms with Crippen LogP contribution in [0.2, 0.25) is 0 Å². The van der Waals surface area contributed by atoms with E-state index >= 15 is 0 Å². The van der Waals surface area contributed by atoms with Gasteiger partial charge in [0.2, 0.25) is 0 Å². The van der Waals surface area contributed by atoms with Crippen molar-refractivity contribution in [3.8, 4) is 6.07 Å². The lowest BCUT2D eigenvalue weighted by Crippen LogP contribution is -2.27. The highest BCUT2D eigenvalue weighted by Crippen LogP contribution is 2.24. The Bertz CT molecular complexity index is 613. The van der Waals surface area contributed by atoms with Gasteiger partial charge in [-0.05, 0) is 17.5 Å². The van der Waals surface area contributed by atoms with Gasteiger partial charge in [-0.1, -0.05) is 32.0 Å². The van der Waals surface area contributed by atoms with Crippen LogP contribution in [0.3, 0.4) is 0 Å². The summed E-state index contributed by atoms with van der Waals surface area (Å²) in [4.78, 5) is 14.4. The van der Waals surface area contributed by atoms with Gasteiger partial charge in [0.25, 0.3) is 5.91 Å². The number of anilines is 1. The SMILES string of the molecule is COCCN(/C=C(/C#N)C(=O)Nc1ccccc1C(C)C)CCOC. The van der Waals surface area contributed by atoms with Gasteiger partial charge in [-0.25, -0.2) is 0 Å². The molecule has 0 aromatic heterocycles. The molecule has 0 unspecified atom stereocenters. The zero-order chi connectivity index (χ0) is 18.7. The molecule has 6 nitrogen and oxygen atoms in total. The maximum Gasteiger partial charge on any atom is 0.267 e. The van der Waals surface area contributed by atoms with Gasteiger partial charge < -0.3 is 19.7 Å². The molecule has 0 aliphatic heterocycles. The topological polar surface area (TPSA) is 74.6 Å². The van der Waals surface area contributed by atoms with E-state index in [0.29, 0.717) is 26.3 Å². The highest BCUT2D eigenvalue weighted by atomic mass is 16.5. The second-order valence-electron chi connectivity index (χ2n) is 5.87. The Kier molecular flexibility index (Phi) is 9.30. The fourth-order valence-corrected chi connectivity index (χ4v) is 2.28. The van der Waals surface area contributed by atoms with E-state index in [1.54, 1.807) is 20.4 Å². The van der Waals surface area contributed by atoms with Gasteiger partial charge in [-0.3, -0.25) is 4.79 Å². The fourth-order valence-electron chi connectivity index (χ4n) is 2.28. The van der Waals surface area contributed by atoms with Crippen molar-refractivity contribution in [3.63, 3.8) is 0 Å². The molecule has 0 fully saturated rings. The highest BCUT2D eigenvalue weighted by molar-refractivity contribution is 6.06. The van der Waals surface area contributed by atoms with E-state index in [4.69, 9.17) is 9.47 Å². The van der Waals surface area contributed by atoms with Crippen molar-refractivity contribution in [1.82, 2.24) is 4.90 Å². The quantitative estimate of drug-likeness (QED) is 0.521. The number of amides is 1. The minimum Gasteiger partial charge on any atom is -0.383 e. The highest BCUT2D eigenvalue weighted by Gasteiger charge is 2.14. The Labute approximate surface area is 150 Å². The molecule has 0 heterocycles. The smallest absolute Gasteiger partial charge is 0.267 e. The van der Waals surface area contributed by atoms with E-state index in [1.807, 2.05) is 35.2 Å². The van der Waals surface area contributed by atoms with Crippen molar-refractivity contribution in [2.75, 3.05) is 45.8 Å². The Morgan fingerprint density at radius 3 is 2.36 bits per heavy atom. The van der Waals surface area contributed by atoms with Crippen LogP contribution in [0.1, 0.15) is 25.3 Å². The number of nitrogens with one attached hydrogen (secondary N) is 1. The molecular formula is C19H27N3O3. The van der Waals surface area contributed by atoms with Gasteiger partial charge in [-0.15, -0.1) is 0 Å². The summed E-state index contributed by atoms with van der Waals surface area (Å²) in [5, 5.41) is 12.2. The predicted octanol–water partition coefficient (Wildman–Crippen LogP) is 2.75. The van der Waals surface area contributed by atoms with E-state index in [0.717, 1.165) is 11.3 Å². The molecule has 0 saturated carbocycles. The Hall–Kier alpha value is -2.36. The number of carbonyl (C=O) groups excluding carboxylic acids is 1. The van der Waals surface area contributed by atoms with Crippen LogP contribution in [0.25, 0.3) is 0 Å². The van der Waals surface area contributed by atoms with E-state index in [9.17, 15) is 10.1 Å². The molecule has 6 heteroatoms. The third-order valence-electron chi connectivity index (χ3n) is 3.67. The second kappa shape index (κ2) is 11.2. The normalized spacial score (nSPS) is 11.3. The number of hydrogen-bond acceptors (Lipinski definition) is 5. The van der Waals surface area contributed by atoms with Crippen molar-refractivity contribution in [3.05, 3.63) is 41.6 Å². The first-order valence-electron chi connectivity index (χ1n) is 8.27. The van der Waals surface area contributed by atoms with Crippen molar-refractivity contribution in [2.24, 2.45) is 0 Å². The van der Waals surface area contributed by atoms with E-state index in [1.165, 1.54) is 0 Å². The molecule has 0 radical (unpaired) electrons. The lowest BCUT2D eigenvalue weighted by Gasteiger charge is -2.20. The number of ether oxygens (including phenoxy) is 2. The molecule has 136 valence electrons. The molecule has 1 amide bonds. The van der Waals surface area contributed by atoms with Gasteiger partial charge >= 0.3 is 0 Å². The molecule has 1 aromatic carbocycles. The molecule has 0 aliphatic rings.